The molecule has 23 heavy (non-hydrogen) atoms. The number of benzene rings is 2. The highest BCUT2D eigenvalue weighted by Crippen LogP contribution is 2.22. The Balaban J connectivity index is 1.77. The number of halogens is 1. The summed E-state index contributed by atoms with van der Waals surface area (Å²) in [4.78, 5) is 16.6. The first-order valence-corrected chi connectivity index (χ1v) is 8.22. The van der Waals surface area contributed by atoms with E-state index in [2.05, 4.69) is 15.6 Å². The van der Waals surface area contributed by atoms with Crippen molar-refractivity contribution in [3.63, 3.8) is 0 Å². The molecular weight excluding hydrogens is 330 g/mol. The lowest BCUT2D eigenvalue weighted by molar-refractivity contribution is 0.102. The van der Waals surface area contributed by atoms with Crippen molar-refractivity contribution in [3.05, 3.63) is 70.2 Å². The van der Waals surface area contributed by atoms with Gasteiger partial charge in [-0.1, -0.05) is 17.7 Å². The van der Waals surface area contributed by atoms with Gasteiger partial charge < -0.3 is 10.6 Å². The van der Waals surface area contributed by atoms with Crippen LogP contribution in [0.3, 0.4) is 0 Å². The molecule has 4 nitrogen and oxygen atoms in total. The zero-order chi connectivity index (χ0) is 16.2. The van der Waals surface area contributed by atoms with Crippen LogP contribution in [0.5, 0.6) is 0 Å². The Morgan fingerprint density at radius 2 is 2.09 bits per heavy atom. The molecule has 3 rings (SSSR count). The Kier molecular flexibility index (Phi) is 4.60. The number of carbonyl (C=O) groups excluding carboxylic acids is 1. The molecule has 1 heterocycles. The van der Waals surface area contributed by atoms with E-state index in [-0.39, 0.29) is 5.91 Å². The summed E-state index contributed by atoms with van der Waals surface area (Å²) in [5.41, 5.74) is 3.06. The summed E-state index contributed by atoms with van der Waals surface area (Å²) in [6, 6.07) is 12.7. The number of hydrogen-bond donors (Lipinski definition) is 2. The molecule has 0 aliphatic carbocycles. The van der Waals surface area contributed by atoms with E-state index in [4.69, 9.17) is 11.6 Å². The van der Waals surface area contributed by atoms with Gasteiger partial charge in [-0.2, -0.15) is 0 Å². The predicted octanol–water partition coefficient (Wildman–Crippen LogP) is 5.10. The summed E-state index contributed by atoms with van der Waals surface area (Å²) in [7, 11) is 0. The quantitative estimate of drug-likeness (QED) is 0.692. The maximum absolute atomic E-state index is 12.4. The molecule has 0 fully saturated rings. The fourth-order valence-corrected chi connectivity index (χ4v) is 2.88. The van der Waals surface area contributed by atoms with Crippen molar-refractivity contribution in [3.8, 4) is 0 Å². The Hall–Kier alpha value is -2.37. The molecule has 1 aromatic heterocycles. The van der Waals surface area contributed by atoms with Crippen LogP contribution in [0.15, 0.2) is 54.0 Å². The van der Waals surface area contributed by atoms with E-state index >= 15 is 0 Å². The van der Waals surface area contributed by atoms with E-state index in [1.54, 1.807) is 30.5 Å². The number of aromatic nitrogens is 1. The van der Waals surface area contributed by atoms with Crippen LogP contribution in [0.2, 0.25) is 5.02 Å². The highest BCUT2D eigenvalue weighted by atomic mass is 35.5. The van der Waals surface area contributed by atoms with E-state index < -0.39 is 0 Å². The van der Waals surface area contributed by atoms with Crippen molar-refractivity contribution in [1.82, 2.24) is 4.98 Å². The largest absolute Gasteiger partial charge is 0.332 e. The molecule has 0 radical (unpaired) electrons. The first-order valence-electron chi connectivity index (χ1n) is 6.96. The SMILES string of the molecule is Cc1cc(Cl)ccc1NC(=O)c1cccc(Nc2nccs2)c1. The lowest BCUT2D eigenvalue weighted by atomic mass is 10.1. The van der Waals surface area contributed by atoms with E-state index in [9.17, 15) is 4.79 Å². The average molecular weight is 344 g/mol. The fourth-order valence-electron chi connectivity index (χ4n) is 2.11. The molecule has 0 aliphatic heterocycles. The van der Waals surface area contributed by atoms with Crippen molar-refractivity contribution >= 4 is 45.4 Å². The Bertz CT molecular complexity index is 834. The third-order valence-electron chi connectivity index (χ3n) is 3.25. The van der Waals surface area contributed by atoms with Crippen LogP contribution in [0.25, 0.3) is 0 Å². The highest BCUT2D eigenvalue weighted by molar-refractivity contribution is 7.13. The van der Waals surface area contributed by atoms with Crippen LogP contribution in [0.1, 0.15) is 15.9 Å². The zero-order valence-corrected chi connectivity index (χ0v) is 13.9. The first kappa shape index (κ1) is 15.5. The molecule has 0 saturated carbocycles. The van der Waals surface area contributed by atoms with Gasteiger partial charge in [0.15, 0.2) is 5.13 Å². The summed E-state index contributed by atoms with van der Waals surface area (Å²) >= 11 is 7.44. The molecule has 6 heteroatoms. The molecular formula is C17H14ClN3OS. The van der Waals surface area contributed by atoms with Crippen LogP contribution in [0, 0.1) is 6.92 Å². The van der Waals surface area contributed by atoms with Gasteiger partial charge in [0.25, 0.3) is 5.91 Å². The van der Waals surface area contributed by atoms with E-state index in [1.807, 2.05) is 30.5 Å². The van der Waals surface area contributed by atoms with Gasteiger partial charge >= 0.3 is 0 Å². The van der Waals surface area contributed by atoms with Crippen LogP contribution < -0.4 is 10.6 Å². The third-order valence-corrected chi connectivity index (χ3v) is 4.17. The van der Waals surface area contributed by atoms with Crippen molar-refractivity contribution in [1.29, 1.82) is 0 Å². The average Bonchev–Trinajstić information content (AvgIpc) is 3.03. The second-order valence-electron chi connectivity index (χ2n) is 4.96. The number of amides is 1. The summed E-state index contributed by atoms with van der Waals surface area (Å²) in [5.74, 6) is -0.168. The van der Waals surface area contributed by atoms with Crippen molar-refractivity contribution < 1.29 is 4.79 Å². The topological polar surface area (TPSA) is 54.0 Å². The maximum Gasteiger partial charge on any atom is 0.255 e. The molecule has 0 unspecified atom stereocenters. The molecule has 0 atom stereocenters. The van der Waals surface area contributed by atoms with Crippen LogP contribution in [-0.2, 0) is 0 Å². The minimum Gasteiger partial charge on any atom is -0.332 e. The summed E-state index contributed by atoms with van der Waals surface area (Å²) in [6.07, 6.45) is 1.73. The van der Waals surface area contributed by atoms with Crippen molar-refractivity contribution in [2.45, 2.75) is 6.92 Å². The molecule has 0 saturated heterocycles. The van der Waals surface area contributed by atoms with E-state index in [0.717, 1.165) is 22.1 Å². The van der Waals surface area contributed by atoms with E-state index in [0.29, 0.717) is 10.6 Å². The zero-order valence-electron chi connectivity index (χ0n) is 12.3. The smallest absolute Gasteiger partial charge is 0.255 e. The maximum atomic E-state index is 12.4. The minimum absolute atomic E-state index is 0.168. The standard InChI is InChI=1S/C17H14ClN3OS/c1-11-9-13(18)5-6-15(11)21-16(22)12-3-2-4-14(10-12)20-17-19-7-8-23-17/h2-10H,1H3,(H,19,20)(H,21,22). The number of aryl methyl sites for hydroxylation is 1. The Morgan fingerprint density at radius 3 is 2.83 bits per heavy atom. The van der Waals surface area contributed by atoms with Gasteiger partial charge in [0.1, 0.15) is 0 Å². The third kappa shape index (κ3) is 3.88. The predicted molar refractivity (Wildman–Crippen MR) is 96.0 cm³/mol. The molecule has 0 spiro atoms. The molecule has 116 valence electrons. The monoisotopic (exact) mass is 343 g/mol. The van der Waals surface area contributed by atoms with Gasteiger partial charge in [-0.05, 0) is 48.9 Å². The molecule has 3 aromatic rings. The minimum atomic E-state index is -0.168. The van der Waals surface area contributed by atoms with E-state index in [1.165, 1.54) is 11.3 Å². The number of thiazole rings is 1. The van der Waals surface area contributed by atoms with Crippen LogP contribution in [0.4, 0.5) is 16.5 Å². The van der Waals surface area contributed by atoms with Gasteiger partial charge in [-0.3, -0.25) is 4.79 Å². The van der Waals surface area contributed by atoms with Gasteiger partial charge in [0, 0.05) is 33.5 Å². The molecule has 2 aromatic carbocycles. The Labute approximate surface area is 143 Å². The number of hydrogen-bond acceptors (Lipinski definition) is 4. The highest BCUT2D eigenvalue weighted by Gasteiger charge is 2.09. The number of rotatable bonds is 4. The molecule has 1 amide bonds. The summed E-state index contributed by atoms with van der Waals surface area (Å²) in [6.45, 7) is 1.90. The normalized spacial score (nSPS) is 10.3. The Morgan fingerprint density at radius 1 is 1.22 bits per heavy atom. The molecule has 0 bridgehead atoms. The summed E-state index contributed by atoms with van der Waals surface area (Å²) in [5, 5.41) is 9.40. The van der Waals surface area contributed by atoms with Gasteiger partial charge in [-0.15, -0.1) is 11.3 Å². The number of nitrogens with zero attached hydrogens (tertiary/aromatic N) is 1. The molecule has 0 aliphatic rings. The second-order valence-corrected chi connectivity index (χ2v) is 6.29. The number of nitrogens with one attached hydrogen (secondary N) is 2. The molecule has 2 N–H and O–H groups in total. The van der Waals surface area contributed by atoms with Gasteiger partial charge in [-0.25, -0.2) is 4.98 Å². The first-order chi connectivity index (χ1) is 11.1. The van der Waals surface area contributed by atoms with Gasteiger partial charge in [0.2, 0.25) is 0 Å². The van der Waals surface area contributed by atoms with Gasteiger partial charge in [0.05, 0.1) is 0 Å². The summed E-state index contributed by atoms with van der Waals surface area (Å²) < 4.78 is 0. The number of carbonyl (C=O) groups is 1. The second kappa shape index (κ2) is 6.81. The lowest BCUT2D eigenvalue weighted by Gasteiger charge is -2.10. The fraction of sp³-hybridized carbons (Fsp3) is 0.0588. The lowest BCUT2D eigenvalue weighted by Crippen LogP contribution is -2.12. The van der Waals surface area contributed by atoms with Crippen LogP contribution >= 0.6 is 22.9 Å². The van der Waals surface area contributed by atoms with Crippen molar-refractivity contribution in [2.75, 3.05) is 10.6 Å². The van der Waals surface area contributed by atoms with Crippen LogP contribution in [-0.4, -0.2) is 10.9 Å². The van der Waals surface area contributed by atoms with Crippen molar-refractivity contribution in [2.24, 2.45) is 0 Å². The number of anilines is 3.